The van der Waals surface area contributed by atoms with E-state index in [1.54, 1.807) is 26.2 Å². The number of sulfonamides is 1. The molecule has 10 heteroatoms. The highest BCUT2D eigenvalue weighted by Crippen LogP contribution is 2.11. The van der Waals surface area contributed by atoms with Gasteiger partial charge in [0, 0.05) is 27.2 Å². The van der Waals surface area contributed by atoms with Crippen molar-refractivity contribution in [3.05, 3.63) is 29.8 Å². The topological polar surface area (TPSA) is 126 Å². The molecule has 1 aromatic carbocycles. The van der Waals surface area contributed by atoms with Crippen LogP contribution in [0.3, 0.4) is 0 Å². The van der Waals surface area contributed by atoms with E-state index in [0.717, 1.165) is 12.0 Å². The maximum atomic E-state index is 11.9. The van der Waals surface area contributed by atoms with Crippen LogP contribution in [0.4, 0.5) is 0 Å². The molecule has 0 aliphatic carbocycles. The molecule has 0 aliphatic heterocycles. The minimum absolute atomic E-state index is 0.0546. The molecule has 0 saturated heterocycles. The predicted octanol–water partition coefficient (Wildman–Crippen LogP) is 0.909. The molecule has 1 amide bonds. The monoisotopic (exact) mass is 441 g/mol. The van der Waals surface area contributed by atoms with E-state index in [4.69, 9.17) is 9.88 Å². The smallest absolute Gasteiger partial charge is 0.241 e. The van der Waals surface area contributed by atoms with E-state index in [9.17, 15) is 13.2 Å². The molecule has 0 radical (unpaired) electrons. The number of nitrogens with zero attached hydrogens (tertiary/aromatic N) is 2. The third kappa shape index (κ3) is 9.55. The van der Waals surface area contributed by atoms with E-state index in [1.165, 1.54) is 17.0 Å². The first-order valence-electron chi connectivity index (χ1n) is 10.00. The van der Waals surface area contributed by atoms with Crippen LogP contribution in [0.1, 0.15) is 32.8 Å². The SMILES string of the molecule is CCOC(CCNC(=NCc1ccc(S(N)(=O)=O)cc1)NCC(=O)N(C)C)C(C)C. The molecule has 170 valence electrons. The zero-order valence-corrected chi connectivity index (χ0v) is 19.3. The second-order valence-electron chi connectivity index (χ2n) is 7.45. The lowest BCUT2D eigenvalue weighted by atomic mass is 10.0. The number of likely N-dealkylation sites (N-methyl/N-ethyl adjacent to an activating group) is 1. The number of primary sulfonamides is 1. The Morgan fingerprint density at radius 3 is 2.33 bits per heavy atom. The number of nitrogens with one attached hydrogen (secondary N) is 2. The highest BCUT2D eigenvalue weighted by molar-refractivity contribution is 7.89. The van der Waals surface area contributed by atoms with Gasteiger partial charge in [-0.3, -0.25) is 4.79 Å². The molecule has 1 atom stereocenters. The Kier molecular flexibility index (Phi) is 10.8. The van der Waals surface area contributed by atoms with Gasteiger partial charge in [-0.05, 0) is 37.0 Å². The van der Waals surface area contributed by atoms with Gasteiger partial charge in [0.25, 0.3) is 0 Å². The van der Waals surface area contributed by atoms with Crippen LogP contribution >= 0.6 is 0 Å². The maximum Gasteiger partial charge on any atom is 0.241 e. The molecule has 1 rings (SSSR count). The van der Waals surface area contributed by atoms with Crippen LogP contribution in [0.15, 0.2) is 34.2 Å². The third-order valence-corrected chi connectivity index (χ3v) is 5.35. The molecule has 0 fully saturated rings. The molecule has 30 heavy (non-hydrogen) atoms. The molecule has 1 aromatic rings. The summed E-state index contributed by atoms with van der Waals surface area (Å²) in [5.74, 6) is 0.823. The van der Waals surface area contributed by atoms with E-state index in [-0.39, 0.29) is 23.5 Å². The van der Waals surface area contributed by atoms with Crippen LogP contribution in [0.2, 0.25) is 0 Å². The summed E-state index contributed by atoms with van der Waals surface area (Å²) in [6, 6.07) is 6.22. The van der Waals surface area contributed by atoms with Crippen molar-refractivity contribution in [1.29, 1.82) is 0 Å². The first-order chi connectivity index (χ1) is 14.0. The van der Waals surface area contributed by atoms with E-state index in [2.05, 4.69) is 29.5 Å². The van der Waals surface area contributed by atoms with Gasteiger partial charge in [-0.2, -0.15) is 0 Å². The third-order valence-electron chi connectivity index (χ3n) is 4.42. The zero-order valence-electron chi connectivity index (χ0n) is 18.5. The number of carbonyl (C=O) groups excluding carboxylic acids is 1. The molecule has 0 aliphatic rings. The fourth-order valence-electron chi connectivity index (χ4n) is 2.60. The number of nitrogens with two attached hydrogens (primary N) is 1. The molecule has 1 unspecified atom stereocenters. The van der Waals surface area contributed by atoms with Crippen molar-refractivity contribution in [2.24, 2.45) is 16.0 Å². The van der Waals surface area contributed by atoms with E-state index in [1.807, 2.05) is 6.92 Å². The molecule has 0 spiro atoms. The second-order valence-corrected chi connectivity index (χ2v) is 9.01. The van der Waals surface area contributed by atoms with Gasteiger partial charge in [-0.15, -0.1) is 0 Å². The van der Waals surface area contributed by atoms with Crippen molar-refractivity contribution in [3.8, 4) is 0 Å². The standard InChI is InChI=1S/C20H35N5O4S/c1-6-29-18(15(2)3)11-12-22-20(24-14-19(26)25(4)5)23-13-16-7-9-17(10-8-16)30(21,27)28/h7-10,15,18H,6,11-14H2,1-5H3,(H2,21,27,28)(H2,22,23,24). The number of guanidine groups is 1. The zero-order chi connectivity index (χ0) is 22.7. The van der Waals surface area contributed by atoms with E-state index >= 15 is 0 Å². The number of benzene rings is 1. The van der Waals surface area contributed by atoms with Crippen LogP contribution in [0, 0.1) is 5.92 Å². The first kappa shape index (κ1) is 25.9. The van der Waals surface area contributed by atoms with E-state index < -0.39 is 10.0 Å². The summed E-state index contributed by atoms with van der Waals surface area (Å²) >= 11 is 0. The summed E-state index contributed by atoms with van der Waals surface area (Å²) in [5, 5.41) is 11.4. The van der Waals surface area contributed by atoms with Crippen molar-refractivity contribution in [2.45, 2.75) is 44.7 Å². The van der Waals surface area contributed by atoms with Gasteiger partial charge in [-0.1, -0.05) is 26.0 Å². The number of rotatable bonds is 11. The van der Waals surface area contributed by atoms with Gasteiger partial charge in [-0.25, -0.2) is 18.5 Å². The minimum atomic E-state index is -3.72. The maximum absolute atomic E-state index is 11.9. The average Bonchev–Trinajstić information content (AvgIpc) is 2.67. The highest BCUT2D eigenvalue weighted by atomic mass is 32.2. The molecule has 0 bridgehead atoms. The molecule has 0 aromatic heterocycles. The summed E-state index contributed by atoms with van der Waals surface area (Å²) in [4.78, 5) is 18.0. The van der Waals surface area contributed by atoms with Crippen LogP contribution in [-0.2, 0) is 26.1 Å². The fraction of sp³-hybridized carbons (Fsp3) is 0.600. The minimum Gasteiger partial charge on any atom is -0.378 e. The van der Waals surface area contributed by atoms with Crippen molar-refractivity contribution >= 4 is 21.9 Å². The number of carbonyl (C=O) groups is 1. The first-order valence-corrected chi connectivity index (χ1v) is 11.5. The fourth-order valence-corrected chi connectivity index (χ4v) is 3.12. The van der Waals surface area contributed by atoms with Gasteiger partial charge in [0.2, 0.25) is 15.9 Å². The number of hydrogen-bond acceptors (Lipinski definition) is 5. The summed E-state index contributed by atoms with van der Waals surface area (Å²) in [6.45, 7) is 7.94. The normalized spacial score (nSPS) is 13.2. The van der Waals surface area contributed by atoms with Crippen LogP contribution < -0.4 is 15.8 Å². The van der Waals surface area contributed by atoms with E-state index in [0.29, 0.717) is 31.6 Å². The Bertz CT molecular complexity index is 792. The highest BCUT2D eigenvalue weighted by Gasteiger charge is 2.13. The van der Waals surface area contributed by atoms with Gasteiger partial charge in [0.1, 0.15) is 0 Å². The molecule has 9 nitrogen and oxygen atoms in total. The largest absolute Gasteiger partial charge is 0.378 e. The average molecular weight is 442 g/mol. The van der Waals surface area contributed by atoms with Gasteiger partial charge in [0.15, 0.2) is 5.96 Å². The second kappa shape index (κ2) is 12.5. The summed E-state index contributed by atoms with van der Waals surface area (Å²) < 4.78 is 28.5. The Balaban J connectivity index is 2.79. The van der Waals surface area contributed by atoms with Gasteiger partial charge < -0.3 is 20.3 Å². The number of amides is 1. The predicted molar refractivity (Wildman–Crippen MR) is 119 cm³/mol. The number of hydrogen-bond donors (Lipinski definition) is 3. The summed E-state index contributed by atoms with van der Waals surface area (Å²) in [6.07, 6.45) is 0.939. The summed E-state index contributed by atoms with van der Waals surface area (Å²) in [7, 11) is -0.342. The Hall–Kier alpha value is -2.17. The summed E-state index contributed by atoms with van der Waals surface area (Å²) in [5.41, 5.74) is 0.816. The van der Waals surface area contributed by atoms with Crippen molar-refractivity contribution < 1.29 is 17.9 Å². The van der Waals surface area contributed by atoms with Crippen LogP contribution in [0.25, 0.3) is 0 Å². The molecule has 0 saturated carbocycles. The number of ether oxygens (including phenoxy) is 1. The van der Waals surface area contributed by atoms with Crippen molar-refractivity contribution in [3.63, 3.8) is 0 Å². The lowest BCUT2D eigenvalue weighted by molar-refractivity contribution is -0.127. The Labute approximate surface area is 180 Å². The lowest BCUT2D eigenvalue weighted by Crippen LogP contribution is -2.44. The molecule has 4 N–H and O–H groups in total. The molecular weight excluding hydrogens is 406 g/mol. The van der Waals surface area contributed by atoms with Crippen LogP contribution in [-0.4, -0.2) is 65.1 Å². The van der Waals surface area contributed by atoms with Crippen LogP contribution in [0.5, 0.6) is 0 Å². The van der Waals surface area contributed by atoms with Gasteiger partial charge in [0.05, 0.1) is 24.1 Å². The quantitative estimate of drug-likeness (QED) is 0.346. The van der Waals surface area contributed by atoms with Crippen molar-refractivity contribution in [2.75, 3.05) is 33.8 Å². The number of aliphatic imine (C=N–C) groups is 1. The van der Waals surface area contributed by atoms with Crippen molar-refractivity contribution in [1.82, 2.24) is 15.5 Å². The Morgan fingerprint density at radius 2 is 1.83 bits per heavy atom. The molecular formula is C20H35N5O4S. The lowest BCUT2D eigenvalue weighted by Gasteiger charge is -2.22. The molecule has 0 heterocycles. The van der Waals surface area contributed by atoms with Gasteiger partial charge >= 0.3 is 0 Å². The Morgan fingerprint density at radius 1 is 1.20 bits per heavy atom.